The summed E-state index contributed by atoms with van der Waals surface area (Å²) in [6.45, 7) is 4.22. The highest BCUT2D eigenvalue weighted by Gasteiger charge is 2.11. The van der Waals surface area contributed by atoms with Crippen LogP contribution < -0.4 is 14.8 Å². The number of nitrogens with zero attached hydrogens (tertiary/aromatic N) is 4. The van der Waals surface area contributed by atoms with E-state index in [9.17, 15) is 0 Å². The number of tetrazole rings is 1. The van der Waals surface area contributed by atoms with E-state index in [0.717, 1.165) is 57.5 Å². The topological polar surface area (TPSA) is 74.1 Å². The maximum Gasteiger partial charge on any atom is 0.209 e. The van der Waals surface area contributed by atoms with Crippen molar-refractivity contribution in [2.24, 2.45) is 7.05 Å². The zero-order chi connectivity index (χ0) is 21.3. The second-order valence-electron chi connectivity index (χ2n) is 6.83. The SMILES string of the molecule is COc1cc(CNCCCSc2nnnn2C)c(Br)cc1OCc1ccc(C)cc1. The highest BCUT2D eigenvalue weighted by Crippen LogP contribution is 2.34. The number of benzene rings is 2. The molecule has 3 aromatic rings. The molecule has 1 N–H and O–H groups in total. The zero-order valence-corrected chi connectivity index (χ0v) is 19.8. The van der Waals surface area contributed by atoms with Gasteiger partial charge in [0.15, 0.2) is 11.5 Å². The number of aromatic nitrogens is 4. The van der Waals surface area contributed by atoms with Gasteiger partial charge in [0.2, 0.25) is 5.16 Å². The van der Waals surface area contributed by atoms with Crippen LogP contribution in [0.3, 0.4) is 0 Å². The first-order valence-electron chi connectivity index (χ1n) is 9.67. The predicted octanol–water partition coefficient (Wildman–Crippen LogP) is 4.14. The molecule has 1 heterocycles. The molecule has 30 heavy (non-hydrogen) atoms. The fraction of sp³-hybridized carbons (Fsp3) is 0.381. The van der Waals surface area contributed by atoms with Crippen LogP contribution in [0.1, 0.15) is 23.1 Å². The Morgan fingerprint density at radius 2 is 1.97 bits per heavy atom. The van der Waals surface area contributed by atoms with Crippen molar-refractivity contribution in [2.75, 3.05) is 19.4 Å². The van der Waals surface area contributed by atoms with Crippen molar-refractivity contribution in [3.63, 3.8) is 0 Å². The van der Waals surface area contributed by atoms with Gasteiger partial charge in [0.1, 0.15) is 6.61 Å². The Balaban J connectivity index is 1.48. The van der Waals surface area contributed by atoms with Crippen LogP contribution in [0.15, 0.2) is 46.0 Å². The lowest BCUT2D eigenvalue weighted by Crippen LogP contribution is -2.16. The summed E-state index contributed by atoms with van der Waals surface area (Å²) < 4.78 is 14.2. The molecule has 0 atom stereocenters. The standard InChI is InChI=1S/C21H26BrN5O2S/c1-15-5-7-16(8-6-15)14-29-20-12-18(22)17(11-19(20)28-3)13-23-9-4-10-30-21-24-25-26-27(21)2/h5-8,11-12,23H,4,9-10,13-14H2,1-3H3. The molecule has 0 aliphatic heterocycles. The van der Waals surface area contributed by atoms with E-state index >= 15 is 0 Å². The summed E-state index contributed by atoms with van der Waals surface area (Å²) in [5.41, 5.74) is 3.49. The van der Waals surface area contributed by atoms with Crippen LogP contribution >= 0.6 is 27.7 Å². The Hall–Kier alpha value is -2.10. The third-order valence-electron chi connectivity index (χ3n) is 4.47. The summed E-state index contributed by atoms with van der Waals surface area (Å²) in [5, 5.41) is 15.8. The van der Waals surface area contributed by atoms with Gasteiger partial charge in [0.25, 0.3) is 0 Å². The number of nitrogens with one attached hydrogen (secondary N) is 1. The minimum Gasteiger partial charge on any atom is -0.493 e. The van der Waals surface area contributed by atoms with Gasteiger partial charge in [-0.2, -0.15) is 0 Å². The van der Waals surface area contributed by atoms with Crippen molar-refractivity contribution >= 4 is 27.7 Å². The summed E-state index contributed by atoms with van der Waals surface area (Å²) in [6, 6.07) is 12.3. The maximum absolute atomic E-state index is 6.00. The average Bonchev–Trinajstić information content (AvgIpc) is 3.16. The van der Waals surface area contributed by atoms with Gasteiger partial charge < -0.3 is 14.8 Å². The van der Waals surface area contributed by atoms with Gasteiger partial charge in [-0.15, -0.1) is 5.10 Å². The first-order chi connectivity index (χ1) is 14.6. The van der Waals surface area contributed by atoms with Crippen molar-refractivity contribution in [1.82, 2.24) is 25.5 Å². The number of hydrogen-bond donors (Lipinski definition) is 1. The van der Waals surface area contributed by atoms with E-state index in [4.69, 9.17) is 9.47 Å². The molecule has 2 aromatic carbocycles. The van der Waals surface area contributed by atoms with Crippen molar-refractivity contribution in [2.45, 2.75) is 31.7 Å². The van der Waals surface area contributed by atoms with Crippen LogP contribution in [0, 0.1) is 6.92 Å². The monoisotopic (exact) mass is 491 g/mol. The zero-order valence-electron chi connectivity index (χ0n) is 17.4. The maximum atomic E-state index is 6.00. The summed E-state index contributed by atoms with van der Waals surface area (Å²) in [7, 11) is 3.51. The van der Waals surface area contributed by atoms with Gasteiger partial charge in [0, 0.05) is 23.8 Å². The Kier molecular flexibility index (Phi) is 8.53. The summed E-state index contributed by atoms with van der Waals surface area (Å²) in [6.07, 6.45) is 1.02. The molecule has 0 radical (unpaired) electrons. The highest BCUT2D eigenvalue weighted by atomic mass is 79.9. The third-order valence-corrected chi connectivity index (χ3v) is 6.31. The first kappa shape index (κ1) is 22.6. The van der Waals surface area contributed by atoms with Crippen LogP contribution in [0.5, 0.6) is 11.5 Å². The van der Waals surface area contributed by atoms with E-state index in [1.807, 2.05) is 19.2 Å². The molecule has 0 spiro atoms. The molecule has 0 aliphatic carbocycles. The van der Waals surface area contributed by atoms with E-state index in [1.165, 1.54) is 5.56 Å². The number of methoxy groups -OCH3 is 1. The third kappa shape index (κ3) is 6.45. The second kappa shape index (κ2) is 11.3. The van der Waals surface area contributed by atoms with E-state index in [-0.39, 0.29) is 0 Å². The fourth-order valence-electron chi connectivity index (χ4n) is 2.76. The number of aryl methyl sites for hydroxylation is 2. The number of hydrogen-bond acceptors (Lipinski definition) is 7. The normalized spacial score (nSPS) is 10.9. The molecule has 7 nitrogen and oxygen atoms in total. The molecule has 0 bridgehead atoms. The van der Waals surface area contributed by atoms with Crippen molar-refractivity contribution < 1.29 is 9.47 Å². The van der Waals surface area contributed by atoms with E-state index in [2.05, 4.69) is 68.0 Å². The van der Waals surface area contributed by atoms with E-state index < -0.39 is 0 Å². The number of ether oxygens (including phenoxy) is 2. The largest absolute Gasteiger partial charge is 0.493 e. The molecule has 3 rings (SSSR count). The molecule has 0 amide bonds. The van der Waals surface area contributed by atoms with Crippen LogP contribution in [-0.4, -0.2) is 39.6 Å². The second-order valence-corrected chi connectivity index (χ2v) is 8.75. The van der Waals surface area contributed by atoms with Crippen LogP contribution in [0.2, 0.25) is 0 Å². The summed E-state index contributed by atoms with van der Waals surface area (Å²) >= 11 is 5.32. The molecule has 0 saturated carbocycles. The Bertz CT molecular complexity index is 949. The van der Waals surface area contributed by atoms with Gasteiger partial charge >= 0.3 is 0 Å². The molecular weight excluding hydrogens is 466 g/mol. The van der Waals surface area contributed by atoms with Gasteiger partial charge in [-0.25, -0.2) is 4.68 Å². The van der Waals surface area contributed by atoms with Crippen LogP contribution in [-0.2, 0) is 20.2 Å². The average molecular weight is 492 g/mol. The van der Waals surface area contributed by atoms with Crippen LogP contribution in [0.4, 0.5) is 0 Å². The highest BCUT2D eigenvalue weighted by molar-refractivity contribution is 9.10. The van der Waals surface area contributed by atoms with Crippen molar-refractivity contribution in [3.05, 3.63) is 57.6 Å². The summed E-state index contributed by atoms with van der Waals surface area (Å²) in [5.74, 6) is 2.41. The first-order valence-corrected chi connectivity index (χ1v) is 11.5. The summed E-state index contributed by atoms with van der Waals surface area (Å²) in [4.78, 5) is 0. The van der Waals surface area contributed by atoms with Crippen molar-refractivity contribution in [3.8, 4) is 11.5 Å². The number of thioether (sulfide) groups is 1. The Morgan fingerprint density at radius 3 is 2.67 bits per heavy atom. The number of halogens is 1. The minimum atomic E-state index is 0.499. The van der Waals surface area contributed by atoms with Gasteiger partial charge in [-0.05, 0) is 53.6 Å². The van der Waals surface area contributed by atoms with Gasteiger partial charge in [0.05, 0.1) is 7.11 Å². The van der Waals surface area contributed by atoms with E-state index in [0.29, 0.717) is 6.61 Å². The molecule has 160 valence electrons. The quantitative estimate of drug-likeness (QED) is 0.319. The van der Waals surface area contributed by atoms with Gasteiger partial charge in [-0.3, -0.25) is 0 Å². The van der Waals surface area contributed by atoms with E-state index in [1.54, 1.807) is 23.6 Å². The molecule has 0 saturated heterocycles. The van der Waals surface area contributed by atoms with Crippen LogP contribution in [0.25, 0.3) is 0 Å². The lowest BCUT2D eigenvalue weighted by atomic mass is 10.1. The molecule has 0 fully saturated rings. The minimum absolute atomic E-state index is 0.499. The molecule has 0 unspecified atom stereocenters. The fourth-order valence-corrected chi connectivity index (χ4v) is 4.01. The van der Waals surface area contributed by atoms with Gasteiger partial charge in [-0.1, -0.05) is 57.5 Å². The molecular formula is C21H26BrN5O2S. The lowest BCUT2D eigenvalue weighted by molar-refractivity contribution is 0.284. The Morgan fingerprint density at radius 1 is 1.17 bits per heavy atom. The molecule has 0 aliphatic rings. The van der Waals surface area contributed by atoms with Crippen molar-refractivity contribution in [1.29, 1.82) is 0 Å². The predicted molar refractivity (Wildman–Crippen MR) is 122 cm³/mol. The molecule has 1 aromatic heterocycles. The lowest BCUT2D eigenvalue weighted by Gasteiger charge is -2.14. The Labute approximate surface area is 189 Å². The smallest absolute Gasteiger partial charge is 0.209 e. The molecule has 9 heteroatoms. The number of rotatable bonds is 11.